The number of hydrogen-bond acceptors (Lipinski definition) is 5. The summed E-state index contributed by atoms with van der Waals surface area (Å²) in [6.07, 6.45) is 46.1. The van der Waals surface area contributed by atoms with Gasteiger partial charge in [0, 0.05) is 22.8 Å². The van der Waals surface area contributed by atoms with Crippen molar-refractivity contribution in [3.05, 3.63) is 263 Å². The standard InChI is InChI=1S/C62H53N5/c1-5-17-43(18-6-1)37-44-33-35-48(36-34-44)60-65-61(55-31-15-26-50(40-55)46-21-9-3-10-22-46)67-62(66-60)56-32-16-28-52(41-56)51-27-14-30-54(39-51)58-42-57(63-59(64-58)47-23-11-4-12-24-47)53-29-13-25-49(38-53)45-19-7-2-8-20-45/h1,3-7,9-21,23-26,28-33,35-39,41-42,46,50-51,59,63H,2,8,22,27,34,40H2/b44-37-. The van der Waals surface area contributed by atoms with Gasteiger partial charge in [-0.2, -0.15) is 0 Å². The molecule has 0 spiro atoms. The zero-order chi connectivity index (χ0) is 44.8. The van der Waals surface area contributed by atoms with Gasteiger partial charge in [0.25, 0.3) is 0 Å². The lowest BCUT2D eigenvalue weighted by Crippen LogP contribution is -2.25. The topological polar surface area (TPSA) is 63.1 Å². The molecule has 5 heteroatoms. The normalized spacial score (nSPS) is 22.6. The predicted molar refractivity (Wildman–Crippen MR) is 278 cm³/mol. The van der Waals surface area contributed by atoms with Gasteiger partial charge in [-0.15, -0.1) is 0 Å². The monoisotopic (exact) mass is 867 g/mol. The molecule has 6 aliphatic rings. The number of aromatic nitrogens is 3. The fraction of sp³-hybridized carbons (Fsp3) is 0.161. The molecule has 4 unspecified atom stereocenters. The van der Waals surface area contributed by atoms with Crippen molar-refractivity contribution in [1.82, 2.24) is 20.3 Å². The van der Waals surface area contributed by atoms with Crippen molar-refractivity contribution < 1.29 is 0 Å². The number of allylic oxidation sites excluding steroid dienone is 22. The van der Waals surface area contributed by atoms with Gasteiger partial charge in [0.2, 0.25) is 0 Å². The highest BCUT2D eigenvalue weighted by Gasteiger charge is 2.25. The molecule has 1 aromatic heterocycles. The van der Waals surface area contributed by atoms with Crippen molar-refractivity contribution in [2.45, 2.75) is 50.6 Å². The Morgan fingerprint density at radius 2 is 1.36 bits per heavy atom. The summed E-state index contributed by atoms with van der Waals surface area (Å²) >= 11 is 0. The third-order valence-corrected chi connectivity index (χ3v) is 13.4. The van der Waals surface area contributed by atoms with Crippen LogP contribution in [0.15, 0.2) is 229 Å². The quantitative estimate of drug-likeness (QED) is 0.152. The number of nitrogens with zero attached hydrogens (tertiary/aromatic N) is 4. The van der Waals surface area contributed by atoms with Crippen molar-refractivity contribution >= 4 is 34.2 Å². The Morgan fingerprint density at radius 3 is 2.19 bits per heavy atom. The number of benzene rings is 4. The van der Waals surface area contributed by atoms with Gasteiger partial charge in [0.05, 0.1) is 5.71 Å². The predicted octanol–water partition coefficient (Wildman–Crippen LogP) is 14.5. The van der Waals surface area contributed by atoms with E-state index in [0.717, 1.165) is 89.2 Å². The average molecular weight is 868 g/mol. The molecule has 5 aromatic rings. The fourth-order valence-electron chi connectivity index (χ4n) is 9.80. The maximum atomic E-state index is 5.35. The SMILES string of the molecule is C1=CCC(C2C=CC=C(c3nc(C4=CC/C(=C\c5ccccc5)C=C4)nc(-c4cccc(C5C=C(C6=NC(c7ccccc7)NC(c7cccc(C8=CCCC=C8)c7)=C6)C=CC5)c4)n3)C2)C=C1. The molecule has 1 aliphatic heterocycles. The lowest BCUT2D eigenvalue weighted by Gasteiger charge is -2.27. The number of nitrogens with one attached hydrogen (secondary N) is 1. The molecule has 0 saturated carbocycles. The van der Waals surface area contributed by atoms with Gasteiger partial charge in [-0.1, -0.05) is 200 Å². The first-order chi connectivity index (χ1) is 33.1. The molecule has 2 heterocycles. The molecule has 4 aromatic carbocycles. The van der Waals surface area contributed by atoms with E-state index in [2.05, 4.69) is 224 Å². The van der Waals surface area contributed by atoms with E-state index < -0.39 is 0 Å². The maximum absolute atomic E-state index is 5.35. The van der Waals surface area contributed by atoms with Crippen LogP contribution in [0.25, 0.3) is 39.9 Å². The van der Waals surface area contributed by atoms with Crippen LogP contribution in [-0.4, -0.2) is 20.7 Å². The molecule has 326 valence electrons. The third-order valence-electron chi connectivity index (χ3n) is 13.4. The van der Waals surface area contributed by atoms with Crippen molar-refractivity contribution in [2.24, 2.45) is 16.8 Å². The van der Waals surface area contributed by atoms with Gasteiger partial charge in [0.15, 0.2) is 17.5 Å². The van der Waals surface area contributed by atoms with Gasteiger partial charge in [-0.3, -0.25) is 4.99 Å². The maximum Gasteiger partial charge on any atom is 0.164 e. The molecule has 11 rings (SSSR count). The van der Waals surface area contributed by atoms with Crippen molar-refractivity contribution in [2.75, 3.05) is 0 Å². The highest BCUT2D eigenvalue weighted by Crippen LogP contribution is 2.37. The van der Waals surface area contributed by atoms with Crippen LogP contribution in [-0.2, 0) is 0 Å². The summed E-state index contributed by atoms with van der Waals surface area (Å²) in [6, 6.07) is 38.7. The van der Waals surface area contributed by atoms with E-state index in [9.17, 15) is 0 Å². The van der Waals surface area contributed by atoms with Crippen LogP contribution in [0.3, 0.4) is 0 Å². The lowest BCUT2D eigenvalue weighted by molar-refractivity contribution is 0.482. The first kappa shape index (κ1) is 41.9. The van der Waals surface area contributed by atoms with E-state index in [4.69, 9.17) is 19.9 Å². The van der Waals surface area contributed by atoms with Crippen LogP contribution in [0, 0.1) is 11.8 Å². The van der Waals surface area contributed by atoms with Crippen LogP contribution >= 0.6 is 0 Å². The Morgan fingerprint density at radius 1 is 0.567 bits per heavy atom. The summed E-state index contributed by atoms with van der Waals surface area (Å²) in [6.45, 7) is 0. The summed E-state index contributed by atoms with van der Waals surface area (Å²) in [7, 11) is 0. The molecular weight excluding hydrogens is 815 g/mol. The molecule has 5 aliphatic carbocycles. The summed E-state index contributed by atoms with van der Waals surface area (Å²) in [5.74, 6) is 3.11. The minimum Gasteiger partial charge on any atom is -0.360 e. The minimum atomic E-state index is -0.222. The van der Waals surface area contributed by atoms with Crippen molar-refractivity contribution in [1.29, 1.82) is 0 Å². The molecule has 1 N–H and O–H groups in total. The minimum absolute atomic E-state index is 0.141. The van der Waals surface area contributed by atoms with E-state index in [0.29, 0.717) is 23.5 Å². The average Bonchev–Trinajstić information content (AvgIpc) is 3.42. The van der Waals surface area contributed by atoms with Gasteiger partial charge in [0.1, 0.15) is 6.17 Å². The Balaban J connectivity index is 0.921. The molecular formula is C62H53N5. The summed E-state index contributed by atoms with van der Waals surface area (Å²) in [5, 5.41) is 3.78. The first-order valence-electron chi connectivity index (χ1n) is 23.8. The number of aliphatic imine (C=N–C) groups is 1. The molecule has 4 atom stereocenters. The second kappa shape index (κ2) is 19.4. The van der Waals surface area contributed by atoms with Gasteiger partial charge in [-0.05, 0) is 119 Å². The summed E-state index contributed by atoms with van der Waals surface area (Å²) < 4.78 is 0. The lowest BCUT2D eigenvalue weighted by atomic mass is 9.80. The largest absolute Gasteiger partial charge is 0.360 e. The first-order valence-corrected chi connectivity index (χ1v) is 23.8. The zero-order valence-electron chi connectivity index (χ0n) is 37.6. The van der Waals surface area contributed by atoms with Crippen LogP contribution in [0.4, 0.5) is 0 Å². The zero-order valence-corrected chi connectivity index (χ0v) is 37.6. The van der Waals surface area contributed by atoms with Crippen LogP contribution in [0.5, 0.6) is 0 Å². The van der Waals surface area contributed by atoms with Crippen molar-refractivity contribution in [3.8, 4) is 11.4 Å². The van der Waals surface area contributed by atoms with Crippen molar-refractivity contribution in [3.63, 3.8) is 0 Å². The molecule has 0 saturated heterocycles. The number of rotatable bonds is 10. The summed E-state index contributed by atoms with van der Waals surface area (Å²) in [5.41, 5.74) is 14.7. The van der Waals surface area contributed by atoms with E-state index >= 15 is 0 Å². The molecule has 0 bridgehead atoms. The second-order valence-corrected chi connectivity index (χ2v) is 18.0. The summed E-state index contributed by atoms with van der Waals surface area (Å²) in [4.78, 5) is 21.1. The second-order valence-electron chi connectivity index (χ2n) is 18.0. The third kappa shape index (κ3) is 9.64. The molecule has 0 fully saturated rings. The Kier molecular flexibility index (Phi) is 12.1. The van der Waals surface area contributed by atoms with Gasteiger partial charge in [-0.25, -0.2) is 15.0 Å². The smallest absolute Gasteiger partial charge is 0.164 e. The Labute approximate surface area is 394 Å². The van der Waals surface area contributed by atoms with E-state index in [1.807, 2.05) is 0 Å². The molecule has 5 nitrogen and oxygen atoms in total. The van der Waals surface area contributed by atoms with Crippen LogP contribution in [0.2, 0.25) is 0 Å². The van der Waals surface area contributed by atoms with Gasteiger partial charge >= 0.3 is 0 Å². The van der Waals surface area contributed by atoms with Crippen LogP contribution in [0.1, 0.15) is 90.1 Å². The highest BCUT2D eigenvalue weighted by molar-refractivity contribution is 6.14. The van der Waals surface area contributed by atoms with E-state index in [-0.39, 0.29) is 12.1 Å². The Hall–Kier alpha value is -7.76. The highest BCUT2D eigenvalue weighted by atomic mass is 15.1. The molecule has 0 radical (unpaired) electrons. The fourth-order valence-corrected chi connectivity index (χ4v) is 9.80. The van der Waals surface area contributed by atoms with E-state index in [1.165, 1.54) is 27.8 Å². The molecule has 0 amide bonds. The van der Waals surface area contributed by atoms with E-state index in [1.54, 1.807) is 0 Å². The Bertz CT molecular complexity index is 3110. The number of hydrogen-bond donors (Lipinski definition) is 1. The van der Waals surface area contributed by atoms with Gasteiger partial charge < -0.3 is 5.32 Å². The van der Waals surface area contributed by atoms with Crippen LogP contribution < -0.4 is 5.32 Å². The molecule has 67 heavy (non-hydrogen) atoms.